The summed E-state index contributed by atoms with van der Waals surface area (Å²) in [5.41, 5.74) is 0.819. The van der Waals surface area contributed by atoms with Crippen LogP contribution in [0.3, 0.4) is 0 Å². The molecule has 1 aromatic rings. The summed E-state index contributed by atoms with van der Waals surface area (Å²) in [5.74, 6) is 0. The second kappa shape index (κ2) is 3.25. The van der Waals surface area contributed by atoms with Gasteiger partial charge in [-0.25, -0.2) is 13.6 Å². The topological polar surface area (TPSA) is 72.2 Å². The molecule has 1 fully saturated rings. The van der Waals surface area contributed by atoms with Crippen LogP contribution in [0.2, 0.25) is 0 Å². The molecule has 14 heavy (non-hydrogen) atoms. The van der Waals surface area contributed by atoms with Crippen molar-refractivity contribution in [3.8, 4) is 0 Å². The molecule has 0 amide bonds. The Labute approximate surface area is 83.2 Å². The molecule has 3 N–H and O–H groups in total. The molecule has 0 radical (unpaired) electrons. The number of hydrogen-bond acceptors (Lipinski definition) is 3. The van der Waals surface area contributed by atoms with Crippen LogP contribution in [0.1, 0.15) is 12.8 Å². The fraction of sp³-hybridized carbons (Fsp3) is 0.333. The van der Waals surface area contributed by atoms with Gasteiger partial charge in [0.2, 0.25) is 10.0 Å². The van der Waals surface area contributed by atoms with Gasteiger partial charge in [-0.15, -0.1) is 0 Å². The molecular formula is C9H12N2O2S. The van der Waals surface area contributed by atoms with Crippen LogP contribution < -0.4 is 10.5 Å². The molecule has 0 bridgehead atoms. The van der Waals surface area contributed by atoms with E-state index in [1.165, 1.54) is 6.07 Å². The zero-order chi connectivity index (χ0) is 10.2. The van der Waals surface area contributed by atoms with Crippen LogP contribution in [0.25, 0.3) is 0 Å². The standard InChI is InChI=1S/C9H12N2O2S/c10-14(12,13)9-3-1-2-8(6-9)11-7-4-5-7/h1-3,6-7,11H,4-5H2,(H2,10,12,13). The van der Waals surface area contributed by atoms with Gasteiger partial charge >= 0.3 is 0 Å². The average molecular weight is 212 g/mol. The van der Waals surface area contributed by atoms with Crippen LogP contribution in [0.4, 0.5) is 5.69 Å². The van der Waals surface area contributed by atoms with Crippen molar-refractivity contribution in [2.45, 2.75) is 23.8 Å². The molecule has 76 valence electrons. The van der Waals surface area contributed by atoms with Crippen LogP contribution in [-0.4, -0.2) is 14.5 Å². The lowest BCUT2D eigenvalue weighted by Crippen LogP contribution is -2.12. The molecule has 0 aliphatic heterocycles. The van der Waals surface area contributed by atoms with E-state index in [4.69, 9.17) is 5.14 Å². The molecule has 0 spiro atoms. The Bertz CT molecular complexity index is 438. The monoisotopic (exact) mass is 212 g/mol. The number of primary sulfonamides is 1. The normalized spacial score (nSPS) is 16.6. The lowest BCUT2D eigenvalue weighted by molar-refractivity contribution is 0.598. The summed E-state index contributed by atoms with van der Waals surface area (Å²) in [5, 5.41) is 8.22. The molecule has 1 aliphatic carbocycles. The third-order valence-corrected chi connectivity index (χ3v) is 3.02. The summed E-state index contributed by atoms with van der Waals surface area (Å²) in [6.07, 6.45) is 2.30. The van der Waals surface area contributed by atoms with Gasteiger partial charge in [0.25, 0.3) is 0 Å². The zero-order valence-corrected chi connectivity index (χ0v) is 8.42. The molecule has 0 unspecified atom stereocenters. The second-order valence-corrected chi connectivity index (χ2v) is 5.05. The average Bonchev–Trinajstić information content (AvgIpc) is 2.87. The number of nitrogens with two attached hydrogens (primary N) is 1. The van der Waals surface area contributed by atoms with Gasteiger partial charge in [0.05, 0.1) is 4.90 Å². The Morgan fingerprint density at radius 2 is 2.07 bits per heavy atom. The maximum Gasteiger partial charge on any atom is 0.238 e. The third kappa shape index (κ3) is 2.24. The molecule has 1 aromatic carbocycles. The Kier molecular flexibility index (Phi) is 2.20. The van der Waals surface area contributed by atoms with Crippen LogP contribution >= 0.6 is 0 Å². The summed E-state index contributed by atoms with van der Waals surface area (Å²) >= 11 is 0. The van der Waals surface area contributed by atoms with E-state index in [0.717, 1.165) is 18.5 Å². The first-order valence-electron chi connectivity index (χ1n) is 4.45. The lowest BCUT2D eigenvalue weighted by atomic mass is 10.3. The summed E-state index contributed by atoms with van der Waals surface area (Å²) in [4.78, 5) is 0.156. The number of nitrogens with one attached hydrogen (secondary N) is 1. The first-order valence-corrected chi connectivity index (χ1v) is 6.00. The van der Waals surface area contributed by atoms with E-state index in [2.05, 4.69) is 5.32 Å². The van der Waals surface area contributed by atoms with Crippen LogP contribution in [0.15, 0.2) is 29.2 Å². The van der Waals surface area contributed by atoms with Gasteiger partial charge in [-0.05, 0) is 31.0 Å². The van der Waals surface area contributed by atoms with E-state index in [1.54, 1.807) is 12.1 Å². The smallest absolute Gasteiger partial charge is 0.238 e. The molecule has 2 rings (SSSR count). The van der Waals surface area contributed by atoms with E-state index in [9.17, 15) is 8.42 Å². The summed E-state index contributed by atoms with van der Waals surface area (Å²) < 4.78 is 22.1. The van der Waals surface area contributed by atoms with Gasteiger partial charge in [-0.3, -0.25) is 0 Å². The van der Waals surface area contributed by atoms with E-state index in [0.29, 0.717) is 6.04 Å². The quantitative estimate of drug-likeness (QED) is 0.782. The minimum absolute atomic E-state index is 0.156. The molecule has 1 saturated carbocycles. The lowest BCUT2D eigenvalue weighted by Gasteiger charge is -2.05. The predicted molar refractivity (Wildman–Crippen MR) is 54.5 cm³/mol. The highest BCUT2D eigenvalue weighted by molar-refractivity contribution is 7.89. The Morgan fingerprint density at radius 1 is 1.36 bits per heavy atom. The van der Waals surface area contributed by atoms with Crippen LogP contribution in [-0.2, 0) is 10.0 Å². The number of rotatable bonds is 3. The van der Waals surface area contributed by atoms with Gasteiger partial charge in [0.1, 0.15) is 0 Å². The maximum absolute atomic E-state index is 11.0. The highest BCUT2D eigenvalue weighted by atomic mass is 32.2. The SMILES string of the molecule is NS(=O)(=O)c1cccc(NC2CC2)c1. The maximum atomic E-state index is 11.0. The van der Waals surface area contributed by atoms with Crippen molar-refractivity contribution in [1.82, 2.24) is 0 Å². The van der Waals surface area contributed by atoms with Crippen molar-refractivity contribution < 1.29 is 8.42 Å². The minimum Gasteiger partial charge on any atom is -0.382 e. The van der Waals surface area contributed by atoms with E-state index >= 15 is 0 Å². The highest BCUT2D eigenvalue weighted by Crippen LogP contribution is 2.25. The van der Waals surface area contributed by atoms with Crippen molar-refractivity contribution >= 4 is 15.7 Å². The molecule has 0 atom stereocenters. The Balaban J connectivity index is 2.26. The summed E-state index contributed by atoms with van der Waals surface area (Å²) in [7, 11) is -3.58. The van der Waals surface area contributed by atoms with Crippen molar-refractivity contribution in [2.75, 3.05) is 5.32 Å². The van der Waals surface area contributed by atoms with E-state index in [-0.39, 0.29) is 4.90 Å². The number of hydrogen-bond donors (Lipinski definition) is 2. The molecule has 4 nitrogen and oxygen atoms in total. The second-order valence-electron chi connectivity index (χ2n) is 3.49. The molecular weight excluding hydrogens is 200 g/mol. The fourth-order valence-electron chi connectivity index (χ4n) is 1.23. The van der Waals surface area contributed by atoms with E-state index < -0.39 is 10.0 Å². The summed E-state index contributed by atoms with van der Waals surface area (Å²) in [6.45, 7) is 0. The van der Waals surface area contributed by atoms with Gasteiger partial charge < -0.3 is 5.32 Å². The van der Waals surface area contributed by atoms with Crippen molar-refractivity contribution in [2.24, 2.45) is 5.14 Å². The molecule has 0 heterocycles. The van der Waals surface area contributed by atoms with Gasteiger partial charge in [-0.2, -0.15) is 0 Å². The third-order valence-electron chi connectivity index (χ3n) is 2.11. The van der Waals surface area contributed by atoms with Crippen LogP contribution in [0.5, 0.6) is 0 Å². The van der Waals surface area contributed by atoms with Gasteiger partial charge in [0.15, 0.2) is 0 Å². The van der Waals surface area contributed by atoms with Gasteiger partial charge in [0, 0.05) is 11.7 Å². The first-order chi connectivity index (χ1) is 6.55. The number of benzene rings is 1. The Hall–Kier alpha value is -1.07. The van der Waals surface area contributed by atoms with Crippen molar-refractivity contribution in [3.63, 3.8) is 0 Å². The fourth-order valence-corrected chi connectivity index (χ4v) is 1.79. The number of anilines is 1. The van der Waals surface area contributed by atoms with Gasteiger partial charge in [-0.1, -0.05) is 6.07 Å². The van der Waals surface area contributed by atoms with Crippen molar-refractivity contribution in [3.05, 3.63) is 24.3 Å². The predicted octanol–water partition coefficient (Wildman–Crippen LogP) is 0.908. The highest BCUT2D eigenvalue weighted by Gasteiger charge is 2.21. The molecule has 0 aromatic heterocycles. The molecule has 1 aliphatic rings. The van der Waals surface area contributed by atoms with Crippen LogP contribution in [0, 0.1) is 0 Å². The first kappa shape index (κ1) is 9.48. The number of sulfonamides is 1. The summed E-state index contributed by atoms with van der Waals surface area (Å²) in [6, 6.07) is 7.09. The minimum atomic E-state index is -3.58. The van der Waals surface area contributed by atoms with E-state index in [1.807, 2.05) is 6.07 Å². The zero-order valence-electron chi connectivity index (χ0n) is 7.60. The molecule has 5 heteroatoms. The Morgan fingerprint density at radius 3 is 2.64 bits per heavy atom. The largest absolute Gasteiger partial charge is 0.382 e. The van der Waals surface area contributed by atoms with Crippen molar-refractivity contribution in [1.29, 1.82) is 0 Å². The molecule has 0 saturated heterocycles.